The summed E-state index contributed by atoms with van der Waals surface area (Å²) in [5.74, 6) is 0.528. The second-order valence-electron chi connectivity index (χ2n) is 7.38. The molecule has 7 heteroatoms. The molecule has 1 atom stereocenters. The molecule has 1 N–H and O–H groups in total. The number of nitrogens with one attached hydrogen (secondary N) is 1. The van der Waals surface area contributed by atoms with Crippen LogP contribution in [0.2, 0.25) is 0 Å². The molecule has 29 heavy (non-hydrogen) atoms. The van der Waals surface area contributed by atoms with E-state index in [1.165, 1.54) is 17.7 Å². The molecular weight excluding hydrogens is 395 g/mol. The lowest BCUT2D eigenvalue weighted by Crippen LogP contribution is -2.50. The Kier molecular flexibility index (Phi) is 6.67. The molecule has 2 aromatic carbocycles. The fourth-order valence-corrected chi connectivity index (χ4v) is 3.68. The lowest BCUT2D eigenvalue weighted by molar-refractivity contribution is -0.137. The second kappa shape index (κ2) is 9.03. The van der Waals surface area contributed by atoms with Crippen molar-refractivity contribution in [2.24, 2.45) is 0 Å². The van der Waals surface area contributed by atoms with Gasteiger partial charge in [0.1, 0.15) is 0 Å². The summed E-state index contributed by atoms with van der Waals surface area (Å²) in [6, 6.07) is 13.8. The number of alkyl halides is 3. The maximum Gasteiger partial charge on any atom is 0.416 e. The molecule has 1 saturated heterocycles. The number of hydrogen-bond donors (Lipinski definition) is 1. The van der Waals surface area contributed by atoms with E-state index in [4.69, 9.17) is 12.2 Å². The zero-order chi connectivity index (χ0) is 21.0. The molecule has 1 heterocycles. The molecule has 2 aromatic rings. The Hall–Kier alpha value is -2.28. The number of piperazine rings is 1. The Bertz CT molecular complexity index is 828. The highest BCUT2D eigenvalue weighted by Gasteiger charge is 2.31. The van der Waals surface area contributed by atoms with Crippen LogP contribution in [0.25, 0.3) is 0 Å². The summed E-state index contributed by atoms with van der Waals surface area (Å²) >= 11 is 5.54. The summed E-state index contributed by atoms with van der Waals surface area (Å²) in [6.45, 7) is 6.94. The van der Waals surface area contributed by atoms with Gasteiger partial charge in [-0.1, -0.05) is 32.0 Å². The van der Waals surface area contributed by atoms with E-state index in [0.29, 0.717) is 42.9 Å². The maximum atomic E-state index is 12.9. The minimum absolute atomic E-state index is 0.528. The highest BCUT2D eigenvalue weighted by atomic mass is 32.1. The van der Waals surface area contributed by atoms with Crippen LogP contribution in [0.15, 0.2) is 48.5 Å². The third kappa shape index (κ3) is 5.41. The maximum absolute atomic E-state index is 12.9. The average molecular weight is 422 g/mol. The third-order valence-electron chi connectivity index (χ3n) is 5.45. The molecular formula is C22H26F3N3S. The number of hydrogen-bond acceptors (Lipinski definition) is 2. The smallest absolute Gasteiger partial charge is 0.368 e. The van der Waals surface area contributed by atoms with E-state index in [9.17, 15) is 13.2 Å². The van der Waals surface area contributed by atoms with Gasteiger partial charge in [0.2, 0.25) is 0 Å². The minimum Gasteiger partial charge on any atom is -0.368 e. The van der Waals surface area contributed by atoms with Crippen LogP contribution in [0.1, 0.15) is 37.3 Å². The van der Waals surface area contributed by atoms with Crippen LogP contribution in [-0.2, 0) is 6.18 Å². The lowest BCUT2D eigenvalue weighted by atomic mass is 9.99. The van der Waals surface area contributed by atoms with E-state index in [0.717, 1.165) is 18.2 Å². The van der Waals surface area contributed by atoms with Gasteiger partial charge in [-0.15, -0.1) is 0 Å². The summed E-state index contributed by atoms with van der Waals surface area (Å²) in [4.78, 5) is 4.03. The highest BCUT2D eigenvalue weighted by molar-refractivity contribution is 7.80. The van der Waals surface area contributed by atoms with Crippen LogP contribution in [0.4, 0.5) is 24.5 Å². The Morgan fingerprint density at radius 3 is 2.31 bits per heavy atom. The summed E-state index contributed by atoms with van der Waals surface area (Å²) in [5.41, 5.74) is 2.23. The third-order valence-corrected chi connectivity index (χ3v) is 5.81. The molecule has 0 bridgehead atoms. The van der Waals surface area contributed by atoms with E-state index < -0.39 is 11.7 Å². The van der Waals surface area contributed by atoms with Gasteiger partial charge in [0, 0.05) is 37.6 Å². The van der Waals surface area contributed by atoms with Crippen molar-refractivity contribution in [3.63, 3.8) is 0 Å². The Morgan fingerprint density at radius 2 is 1.72 bits per heavy atom. The first-order valence-corrected chi connectivity index (χ1v) is 10.3. The fraction of sp³-hybridized carbons (Fsp3) is 0.409. The summed E-state index contributed by atoms with van der Waals surface area (Å²) < 4.78 is 38.8. The average Bonchev–Trinajstić information content (AvgIpc) is 2.73. The van der Waals surface area contributed by atoms with E-state index in [2.05, 4.69) is 36.2 Å². The van der Waals surface area contributed by atoms with E-state index >= 15 is 0 Å². The fourth-order valence-electron chi connectivity index (χ4n) is 3.38. The molecule has 0 saturated carbocycles. The van der Waals surface area contributed by atoms with E-state index in [-0.39, 0.29) is 0 Å². The number of benzene rings is 2. The van der Waals surface area contributed by atoms with Gasteiger partial charge in [-0.3, -0.25) is 0 Å². The predicted molar refractivity (Wildman–Crippen MR) is 117 cm³/mol. The van der Waals surface area contributed by atoms with Crippen LogP contribution in [-0.4, -0.2) is 36.2 Å². The largest absolute Gasteiger partial charge is 0.416 e. The van der Waals surface area contributed by atoms with Crippen molar-refractivity contribution in [2.45, 2.75) is 32.4 Å². The highest BCUT2D eigenvalue weighted by Crippen LogP contribution is 2.32. The normalized spacial score (nSPS) is 15.9. The summed E-state index contributed by atoms with van der Waals surface area (Å²) in [7, 11) is 0. The zero-order valence-corrected chi connectivity index (χ0v) is 17.5. The van der Waals surface area contributed by atoms with Crippen molar-refractivity contribution in [1.82, 2.24) is 4.90 Å². The van der Waals surface area contributed by atoms with Crippen molar-refractivity contribution in [3.05, 3.63) is 59.7 Å². The first-order chi connectivity index (χ1) is 13.8. The quantitative estimate of drug-likeness (QED) is 0.635. The predicted octanol–water partition coefficient (Wildman–Crippen LogP) is 5.74. The molecule has 0 spiro atoms. The van der Waals surface area contributed by atoms with Crippen molar-refractivity contribution < 1.29 is 13.2 Å². The molecule has 1 fully saturated rings. The van der Waals surface area contributed by atoms with Gasteiger partial charge >= 0.3 is 6.18 Å². The van der Waals surface area contributed by atoms with Crippen molar-refractivity contribution in [1.29, 1.82) is 0 Å². The van der Waals surface area contributed by atoms with Gasteiger partial charge in [-0.2, -0.15) is 13.2 Å². The van der Waals surface area contributed by atoms with Crippen molar-refractivity contribution in [3.8, 4) is 0 Å². The van der Waals surface area contributed by atoms with Gasteiger partial charge in [0.25, 0.3) is 0 Å². The summed E-state index contributed by atoms with van der Waals surface area (Å²) in [6.07, 6.45) is -3.23. The van der Waals surface area contributed by atoms with Gasteiger partial charge in [0.15, 0.2) is 5.11 Å². The SMILES string of the molecule is CCC(C)c1ccc(NC(=S)N2CCN(c3cccc(C(F)(F)F)c3)CC2)cc1. The first-order valence-electron chi connectivity index (χ1n) is 9.86. The molecule has 3 nitrogen and oxygen atoms in total. The molecule has 3 rings (SSSR count). The molecule has 156 valence electrons. The number of rotatable bonds is 4. The Balaban J connectivity index is 1.56. The number of halogens is 3. The van der Waals surface area contributed by atoms with Gasteiger partial charge < -0.3 is 15.1 Å². The van der Waals surface area contributed by atoms with Gasteiger partial charge in [-0.05, 0) is 60.5 Å². The van der Waals surface area contributed by atoms with Crippen LogP contribution < -0.4 is 10.2 Å². The van der Waals surface area contributed by atoms with Crippen LogP contribution in [0, 0.1) is 0 Å². The van der Waals surface area contributed by atoms with Gasteiger partial charge in [-0.25, -0.2) is 0 Å². The van der Waals surface area contributed by atoms with Crippen LogP contribution in [0.3, 0.4) is 0 Å². The molecule has 1 aliphatic heterocycles. The van der Waals surface area contributed by atoms with Crippen molar-refractivity contribution >= 4 is 28.7 Å². The lowest BCUT2D eigenvalue weighted by Gasteiger charge is -2.37. The zero-order valence-electron chi connectivity index (χ0n) is 16.7. The molecule has 1 aliphatic rings. The van der Waals surface area contributed by atoms with Crippen molar-refractivity contribution in [2.75, 3.05) is 36.4 Å². The molecule has 0 radical (unpaired) electrons. The first kappa shape index (κ1) is 21.4. The number of nitrogens with zero attached hydrogens (tertiary/aromatic N) is 2. The second-order valence-corrected chi connectivity index (χ2v) is 7.77. The summed E-state index contributed by atoms with van der Waals surface area (Å²) in [5, 5.41) is 3.91. The van der Waals surface area contributed by atoms with E-state index in [1.54, 1.807) is 6.07 Å². The molecule has 0 aliphatic carbocycles. The van der Waals surface area contributed by atoms with Gasteiger partial charge in [0.05, 0.1) is 5.56 Å². The minimum atomic E-state index is -4.33. The Labute approximate surface area is 175 Å². The van der Waals surface area contributed by atoms with E-state index in [1.807, 2.05) is 17.0 Å². The van der Waals surface area contributed by atoms with Crippen LogP contribution in [0.5, 0.6) is 0 Å². The monoisotopic (exact) mass is 421 g/mol. The number of thiocarbonyl (C=S) groups is 1. The molecule has 0 amide bonds. The Morgan fingerprint density at radius 1 is 1.07 bits per heavy atom. The van der Waals surface area contributed by atoms with Crippen LogP contribution >= 0.6 is 12.2 Å². The molecule has 0 aromatic heterocycles. The number of anilines is 2. The topological polar surface area (TPSA) is 18.5 Å². The standard InChI is InChI=1S/C22H26F3N3S/c1-3-16(2)17-7-9-19(10-8-17)26-21(29)28-13-11-27(12-14-28)20-6-4-5-18(15-20)22(23,24)25/h4-10,15-16H,3,11-14H2,1-2H3,(H,26,29). The molecule has 1 unspecified atom stereocenters.